The molecule has 0 unspecified atom stereocenters. The summed E-state index contributed by atoms with van der Waals surface area (Å²) in [6.07, 6.45) is -3.69. The van der Waals surface area contributed by atoms with Gasteiger partial charge in [0.05, 0.1) is 13.2 Å². The van der Waals surface area contributed by atoms with Crippen molar-refractivity contribution in [1.29, 1.82) is 0 Å². The molecular formula is C19H20F3NO3. The summed E-state index contributed by atoms with van der Waals surface area (Å²) in [4.78, 5) is 12.0. The summed E-state index contributed by atoms with van der Waals surface area (Å²) < 4.78 is 46.1. The second kappa shape index (κ2) is 9.82. The molecule has 1 amide bonds. The fourth-order valence-electron chi connectivity index (χ4n) is 2.12. The summed E-state index contributed by atoms with van der Waals surface area (Å²) in [5.41, 5.74) is 1.01. The lowest BCUT2D eigenvalue weighted by Crippen LogP contribution is -2.25. The van der Waals surface area contributed by atoms with Gasteiger partial charge in [0.15, 0.2) is 0 Å². The Bertz CT molecular complexity index is 673. The van der Waals surface area contributed by atoms with Crippen molar-refractivity contribution in [3.8, 4) is 5.75 Å². The van der Waals surface area contributed by atoms with E-state index >= 15 is 0 Å². The van der Waals surface area contributed by atoms with Gasteiger partial charge < -0.3 is 14.8 Å². The molecule has 2 aromatic rings. The Kier molecular flexibility index (Phi) is 7.47. The Labute approximate surface area is 149 Å². The number of nitrogens with one attached hydrogen (secondary N) is 1. The highest BCUT2D eigenvalue weighted by atomic mass is 19.4. The van der Waals surface area contributed by atoms with E-state index in [-0.39, 0.29) is 12.5 Å². The molecule has 0 bridgehead atoms. The van der Waals surface area contributed by atoms with Crippen LogP contribution in [-0.4, -0.2) is 31.8 Å². The Hall–Kier alpha value is -2.54. The number of carbonyl (C=O) groups excluding carboxylic acids is 1. The van der Waals surface area contributed by atoms with Crippen LogP contribution in [0.5, 0.6) is 5.75 Å². The van der Waals surface area contributed by atoms with Crippen LogP contribution in [0.1, 0.15) is 22.3 Å². The predicted octanol–water partition coefficient (Wildman–Crippen LogP) is 3.96. The maximum absolute atomic E-state index is 12.0. The SMILES string of the molecule is O=C(NCCCOc1ccccc1)c1ccc(COCC(F)(F)F)cc1. The summed E-state index contributed by atoms with van der Waals surface area (Å²) in [5.74, 6) is 0.537. The molecule has 140 valence electrons. The number of halogens is 3. The number of ether oxygens (including phenoxy) is 2. The standard InChI is InChI=1S/C19H20F3NO3/c20-19(21,22)14-25-13-15-7-9-16(10-8-15)18(24)23-11-4-12-26-17-5-2-1-3-6-17/h1-3,5-10H,4,11-14H2,(H,23,24). The fourth-order valence-corrected chi connectivity index (χ4v) is 2.12. The van der Waals surface area contributed by atoms with Gasteiger partial charge in [-0.25, -0.2) is 0 Å². The van der Waals surface area contributed by atoms with Gasteiger partial charge in [-0.15, -0.1) is 0 Å². The number of benzene rings is 2. The van der Waals surface area contributed by atoms with Gasteiger partial charge in [0.1, 0.15) is 12.4 Å². The Morgan fingerprint density at radius 2 is 1.69 bits per heavy atom. The van der Waals surface area contributed by atoms with Crippen LogP contribution < -0.4 is 10.1 Å². The molecule has 0 saturated carbocycles. The molecule has 4 nitrogen and oxygen atoms in total. The number of carbonyl (C=O) groups is 1. The van der Waals surface area contributed by atoms with E-state index in [1.165, 1.54) is 0 Å². The number of para-hydroxylation sites is 1. The van der Waals surface area contributed by atoms with Crippen LogP contribution in [0.3, 0.4) is 0 Å². The summed E-state index contributed by atoms with van der Waals surface area (Å²) in [6.45, 7) is -0.500. The molecule has 26 heavy (non-hydrogen) atoms. The lowest BCUT2D eigenvalue weighted by molar-refractivity contribution is -0.176. The molecule has 0 radical (unpaired) electrons. The first-order valence-corrected chi connectivity index (χ1v) is 8.13. The van der Waals surface area contributed by atoms with Crippen molar-refractivity contribution in [1.82, 2.24) is 5.32 Å². The summed E-state index contributed by atoms with van der Waals surface area (Å²) in [5, 5.41) is 2.77. The summed E-state index contributed by atoms with van der Waals surface area (Å²) in [7, 11) is 0. The van der Waals surface area contributed by atoms with E-state index in [0.29, 0.717) is 30.7 Å². The van der Waals surface area contributed by atoms with E-state index in [1.54, 1.807) is 24.3 Å². The minimum atomic E-state index is -4.34. The number of rotatable bonds is 9. The molecule has 0 aliphatic carbocycles. The van der Waals surface area contributed by atoms with Crippen molar-refractivity contribution in [2.75, 3.05) is 19.8 Å². The predicted molar refractivity (Wildman–Crippen MR) is 91.0 cm³/mol. The third-order valence-corrected chi connectivity index (χ3v) is 3.37. The molecule has 1 N–H and O–H groups in total. The first-order valence-electron chi connectivity index (χ1n) is 8.13. The van der Waals surface area contributed by atoms with Gasteiger partial charge in [-0.05, 0) is 36.2 Å². The van der Waals surface area contributed by atoms with Crippen molar-refractivity contribution in [2.24, 2.45) is 0 Å². The van der Waals surface area contributed by atoms with Crippen LogP contribution in [0.15, 0.2) is 54.6 Å². The number of hydrogen-bond acceptors (Lipinski definition) is 3. The van der Waals surface area contributed by atoms with Crippen LogP contribution in [0.4, 0.5) is 13.2 Å². The molecule has 0 saturated heterocycles. The highest BCUT2D eigenvalue weighted by Crippen LogP contribution is 2.16. The smallest absolute Gasteiger partial charge is 0.411 e. The van der Waals surface area contributed by atoms with Gasteiger partial charge in [0, 0.05) is 12.1 Å². The maximum Gasteiger partial charge on any atom is 0.411 e. The molecule has 0 heterocycles. The lowest BCUT2D eigenvalue weighted by Gasteiger charge is -2.09. The van der Waals surface area contributed by atoms with Gasteiger partial charge in [-0.1, -0.05) is 30.3 Å². The van der Waals surface area contributed by atoms with Gasteiger partial charge in [0.2, 0.25) is 0 Å². The first kappa shape index (κ1) is 19.8. The fraction of sp³-hybridized carbons (Fsp3) is 0.316. The number of amides is 1. The van der Waals surface area contributed by atoms with E-state index in [0.717, 1.165) is 5.75 Å². The lowest BCUT2D eigenvalue weighted by atomic mass is 10.1. The van der Waals surface area contributed by atoms with Gasteiger partial charge >= 0.3 is 6.18 Å². The first-order chi connectivity index (χ1) is 12.4. The zero-order chi connectivity index (χ0) is 18.8. The molecule has 0 aliphatic heterocycles. The molecule has 0 spiro atoms. The highest BCUT2D eigenvalue weighted by Gasteiger charge is 2.27. The molecule has 2 rings (SSSR count). The molecule has 0 atom stereocenters. The molecule has 7 heteroatoms. The third-order valence-electron chi connectivity index (χ3n) is 3.37. The number of hydrogen-bond donors (Lipinski definition) is 1. The normalized spacial score (nSPS) is 11.2. The minimum absolute atomic E-state index is 0.155. The van der Waals surface area contributed by atoms with Crippen LogP contribution in [0.2, 0.25) is 0 Å². The minimum Gasteiger partial charge on any atom is -0.494 e. The zero-order valence-corrected chi connectivity index (χ0v) is 14.1. The molecule has 2 aromatic carbocycles. The monoisotopic (exact) mass is 367 g/mol. The van der Waals surface area contributed by atoms with Crippen LogP contribution in [-0.2, 0) is 11.3 Å². The average Bonchev–Trinajstić information content (AvgIpc) is 2.62. The summed E-state index contributed by atoms with van der Waals surface area (Å²) >= 11 is 0. The van der Waals surface area contributed by atoms with E-state index in [4.69, 9.17) is 4.74 Å². The van der Waals surface area contributed by atoms with Crippen molar-refractivity contribution in [3.05, 3.63) is 65.7 Å². The van der Waals surface area contributed by atoms with Crippen molar-refractivity contribution < 1.29 is 27.4 Å². The topological polar surface area (TPSA) is 47.6 Å². The van der Waals surface area contributed by atoms with Crippen LogP contribution in [0, 0.1) is 0 Å². The van der Waals surface area contributed by atoms with E-state index in [2.05, 4.69) is 10.1 Å². The number of alkyl halides is 3. The third kappa shape index (κ3) is 7.57. The van der Waals surface area contributed by atoms with Crippen LogP contribution in [0.25, 0.3) is 0 Å². The van der Waals surface area contributed by atoms with E-state index in [9.17, 15) is 18.0 Å². The maximum atomic E-state index is 12.0. The van der Waals surface area contributed by atoms with Crippen molar-refractivity contribution >= 4 is 5.91 Å². The van der Waals surface area contributed by atoms with Crippen molar-refractivity contribution in [3.63, 3.8) is 0 Å². The molecule has 0 fully saturated rings. The molecule has 0 aromatic heterocycles. The quantitative estimate of drug-likeness (QED) is 0.683. The largest absolute Gasteiger partial charge is 0.494 e. The van der Waals surface area contributed by atoms with E-state index < -0.39 is 12.8 Å². The highest BCUT2D eigenvalue weighted by molar-refractivity contribution is 5.94. The zero-order valence-electron chi connectivity index (χ0n) is 14.1. The van der Waals surface area contributed by atoms with Crippen LogP contribution >= 0.6 is 0 Å². The Balaban J connectivity index is 1.65. The van der Waals surface area contributed by atoms with Crippen molar-refractivity contribution in [2.45, 2.75) is 19.2 Å². The second-order valence-corrected chi connectivity index (χ2v) is 5.58. The summed E-state index contributed by atoms with van der Waals surface area (Å²) in [6, 6.07) is 15.7. The molecule has 0 aliphatic rings. The van der Waals surface area contributed by atoms with E-state index in [1.807, 2.05) is 30.3 Å². The van der Waals surface area contributed by atoms with Gasteiger partial charge in [0.25, 0.3) is 5.91 Å². The Morgan fingerprint density at radius 1 is 1.00 bits per heavy atom. The average molecular weight is 367 g/mol. The molecular weight excluding hydrogens is 347 g/mol. The second-order valence-electron chi connectivity index (χ2n) is 5.58. The van der Waals surface area contributed by atoms with Gasteiger partial charge in [-0.3, -0.25) is 4.79 Å². The Morgan fingerprint density at radius 3 is 2.35 bits per heavy atom. The van der Waals surface area contributed by atoms with Gasteiger partial charge in [-0.2, -0.15) is 13.2 Å².